The number of benzene rings is 2. The van der Waals surface area contributed by atoms with Gasteiger partial charge in [-0.1, -0.05) is 23.4 Å². The fourth-order valence-electron chi connectivity index (χ4n) is 4.00. The van der Waals surface area contributed by atoms with Crippen LogP contribution in [0.25, 0.3) is 17.0 Å². The van der Waals surface area contributed by atoms with Crippen LogP contribution in [0.2, 0.25) is 0 Å². The average molecular weight is 481 g/mol. The third kappa shape index (κ3) is 4.78. The average Bonchev–Trinajstić information content (AvgIpc) is 3.37. The summed E-state index contributed by atoms with van der Waals surface area (Å²) in [6, 6.07) is 12.1. The van der Waals surface area contributed by atoms with E-state index in [1.165, 1.54) is 0 Å². The molecular weight excluding hydrogens is 452 g/mol. The number of carbonyl (C=O) groups is 1. The van der Waals surface area contributed by atoms with Crippen LogP contribution >= 0.6 is 0 Å². The number of nitrogens with one attached hydrogen (secondary N) is 1. The SMILES string of the molecule is COCCN1C(=O)NC(c2ccc(OC)c(OC)c2)C(c2nc(-c3cccc(OC)c3)no2)=C1C. The number of urea groups is 1. The standard InChI is InChI=1S/C25H28N4O6/c1-15-21(24-27-23(28-35-24)17-7-6-8-18(13-17)32-3)22(26-25(30)29(15)11-12-31-2)16-9-10-19(33-4)20(14-16)34-5/h6-10,13-14,22H,11-12H2,1-5H3,(H,26,30). The summed E-state index contributed by atoms with van der Waals surface area (Å²) in [5.41, 5.74) is 2.88. The zero-order valence-corrected chi connectivity index (χ0v) is 20.3. The fourth-order valence-corrected chi connectivity index (χ4v) is 4.00. The van der Waals surface area contributed by atoms with Gasteiger partial charge in [-0.25, -0.2) is 4.79 Å². The molecule has 1 aliphatic rings. The van der Waals surface area contributed by atoms with Crippen LogP contribution in [0.4, 0.5) is 4.79 Å². The highest BCUT2D eigenvalue weighted by molar-refractivity contribution is 5.87. The lowest BCUT2D eigenvalue weighted by Crippen LogP contribution is -2.47. The van der Waals surface area contributed by atoms with Crippen molar-refractivity contribution in [2.75, 3.05) is 41.6 Å². The first-order valence-electron chi connectivity index (χ1n) is 11.0. The normalized spacial score (nSPS) is 15.7. The van der Waals surface area contributed by atoms with Crippen LogP contribution in [0.5, 0.6) is 17.2 Å². The minimum atomic E-state index is -0.556. The van der Waals surface area contributed by atoms with Crippen molar-refractivity contribution < 1.29 is 28.3 Å². The highest BCUT2D eigenvalue weighted by atomic mass is 16.5. The first-order chi connectivity index (χ1) is 17.0. The van der Waals surface area contributed by atoms with E-state index in [1.54, 1.807) is 39.4 Å². The molecule has 0 saturated carbocycles. The summed E-state index contributed by atoms with van der Waals surface area (Å²) in [5, 5.41) is 7.25. The van der Waals surface area contributed by atoms with Crippen molar-refractivity contribution in [3.63, 3.8) is 0 Å². The van der Waals surface area contributed by atoms with Crippen LogP contribution in [0.15, 0.2) is 52.7 Å². The topological polar surface area (TPSA) is 108 Å². The van der Waals surface area contributed by atoms with Crippen LogP contribution in [-0.2, 0) is 4.74 Å². The molecule has 0 aliphatic carbocycles. The molecular formula is C25H28N4O6. The molecule has 0 radical (unpaired) electrons. The molecule has 184 valence electrons. The van der Waals surface area contributed by atoms with Crippen molar-refractivity contribution in [2.45, 2.75) is 13.0 Å². The Bertz CT molecular complexity index is 1240. The highest BCUT2D eigenvalue weighted by Gasteiger charge is 2.36. The van der Waals surface area contributed by atoms with Crippen LogP contribution in [0, 0.1) is 0 Å². The first kappa shape index (κ1) is 24.1. The number of rotatable bonds is 9. The van der Waals surface area contributed by atoms with E-state index in [0.29, 0.717) is 53.4 Å². The Kier molecular flexibility index (Phi) is 7.21. The molecule has 10 heteroatoms. The number of allylic oxidation sites excluding steroid dienone is 1. The highest BCUT2D eigenvalue weighted by Crippen LogP contribution is 2.40. The van der Waals surface area contributed by atoms with Gasteiger partial charge < -0.3 is 28.8 Å². The van der Waals surface area contributed by atoms with Gasteiger partial charge in [-0.3, -0.25) is 4.90 Å². The van der Waals surface area contributed by atoms with E-state index in [0.717, 1.165) is 11.1 Å². The molecule has 1 aromatic heterocycles. The number of amides is 2. The molecule has 2 heterocycles. The molecule has 1 N–H and O–H groups in total. The fraction of sp³-hybridized carbons (Fsp3) is 0.320. The second kappa shape index (κ2) is 10.5. The maximum absolute atomic E-state index is 13.0. The van der Waals surface area contributed by atoms with Crippen LogP contribution in [0.1, 0.15) is 24.4 Å². The number of methoxy groups -OCH3 is 4. The second-order valence-electron chi connectivity index (χ2n) is 7.80. The van der Waals surface area contributed by atoms with Crippen molar-refractivity contribution in [1.29, 1.82) is 0 Å². The number of nitrogens with zero attached hydrogens (tertiary/aromatic N) is 3. The Hall–Kier alpha value is -4.05. The monoisotopic (exact) mass is 480 g/mol. The van der Waals surface area contributed by atoms with Gasteiger partial charge in [0.25, 0.3) is 5.89 Å². The van der Waals surface area contributed by atoms with Gasteiger partial charge in [0.1, 0.15) is 5.75 Å². The van der Waals surface area contributed by atoms with E-state index in [9.17, 15) is 4.79 Å². The second-order valence-corrected chi connectivity index (χ2v) is 7.80. The van der Waals surface area contributed by atoms with Crippen molar-refractivity contribution in [3.05, 3.63) is 59.6 Å². The van der Waals surface area contributed by atoms with Gasteiger partial charge >= 0.3 is 6.03 Å². The van der Waals surface area contributed by atoms with E-state index in [-0.39, 0.29) is 6.03 Å². The molecule has 0 bridgehead atoms. The zero-order valence-electron chi connectivity index (χ0n) is 20.3. The molecule has 3 aromatic rings. The van der Waals surface area contributed by atoms with E-state index >= 15 is 0 Å². The van der Waals surface area contributed by atoms with Gasteiger partial charge in [0.05, 0.1) is 46.1 Å². The first-order valence-corrected chi connectivity index (χ1v) is 11.0. The lowest BCUT2D eigenvalue weighted by atomic mass is 9.94. The summed E-state index contributed by atoms with van der Waals surface area (Å²) in [6.07, 6.45) is 0. The Balaban J connectivity index is 1.81. The summed E-state index contributed by atoms with van der Waals surface area (Å²) < 4.78 is 27.1. The van der Waals surface area contributed by atoms with Gasteiger partial charge in [-0.2, -0.15) is 4.98 Å². The van der Waals surface area contributed by atoms with Gasteiger partial charge in [0.15, 0.2) is 11.5 Å². The summed E-state index contributed by atoms with van der Waals surface area (Å²) in [4.78, 5) is 19.3. The van der Waals surface area contributed by atoms with Crippen molar-refractivity contribution in [2.24, 2.45) is 0 Å². The van der Waals surface area contributed by atoms with E-state index in [1.807, 2.05) is 43.3 Å². The summed E-state index contributed by atoms with van der Waals surface area (Å²) in [7, 11) is 6.32. The summed E-state index contributed by atoms with van der Waals surface area (Å²) >= 11 is 0. The minimum Gasteiger partial charge on any atom is -0.497 e. The molecule has 4 rings (SSSR count). The van der Waals surface area contributed by atoms with Crippen molar-refractivity contribution in [3.8, 4) is 28.6 Å². The molecule has 1 aliphatic heterocycles. The Morgan fingerprint density at radius 3 is 2.54 bits per heavy atom. The van der Waals surface area contributed by atoms with Crippen LogP contribution in [0.3, 0.4) is 0 Å². The molecule has 0 saturated heterocycles. The van der Waals surface area contributed by atoms with Gasteiger partial charge in [-0.15, -0.1) is 0 Å². The van der Waals surface area contributed by atoms with Crippen molar-refractivity contribution in [1.82, 2.24) is 20.4 Å². The van der Waals surface area contributed by atoms with Crippen LogP contribution in [-0.4, -0.2) is 62.7 Å². The molecule has 10 nitrogen and oxygen atoms in total. The minimum absolute atomic E-state index is 0.254. The zero-order chi connectivity index (χ0) is 24.9. The quantitative estimate of drug-likeness (QED) is 0.491. The molecule has 2 amide bonds. The van der Waals surface area contributed by atoms with Crippen LogP contribution < -0.4 is 19.5 Å². The predicted octanol–water partition coefficient (Wildman–Crippen LogP) is 3.91. The maximum Gasteiger partial charge on any atom is 0.322 e. The Labute approximate surface area is 203 Å². The summed E-state index contributed by atoms with van der Waals surface area (Å²) in [6.45, 7) is 2.60. The van der Waals surface area contributed by atoms with E-state index < -0.39 is 6.04 Å². The lowest BCUT2D eigenvalue weighted by Gasteiger charge is -2.35. The molecule has 0 spiro atoms. The van der Waals surface area contributed by atoms with E-state index in [4.69, 9.17) is 23.5 Å². The smallest absolute Gasteiger partial charge is 0.322 e. The molecule has 1 unspecified atom stereocenters. The number of ether oxygens (including phenoxy) is 4. The summed E-state index contributed by atoms with van der Waals surface area (Å²) in [5.74, 6) is 2.51. The van der Waals surface area contributed by atoms with Gasteiger partial charge in [0, 0.05) is 18.4 Å². The number of hydrogen-bond acceptors (Lipinski definition) is 8. The Morgan fingerprint density at radius 1 is 1.03 bits per heavy atom. The number of aromatic nitrogens is 2. The predicted molar refractivity (Wildman–Crippen MR) is 128 cm³/mol. The number of carbonyl (C=O) groups excluding carboxylic acids is 1. The molecule has 2 aromatic carbocycles. The van der Waals surface area contributed by atoms with E-state index in [2.05, 4.69) is 15.5 Å². The Morgan fingerprint density at radius 2 is 1.83 bits per heavy atom. The third-order valence-corrected chi connectivity index (χ3v) is 5.84. The van der Waals surface area contributed by atoms with Gasteiger partial charge in [0.2, 0.25) is 5.82 Å². The molecule has 1 atom stereocenters. The van der Waals surface area contributed by atoms with Gasteiger partial charge in [-0.05, 0) is 36.8 Å². The maximum atomic E-state index is 13.0. The van der Waals surface area contributed by atoms with Crippen molar-refractivity contribution >= 4 is 11.6 Å². The number of hydrogen-bond donors (Lipinski definition) is 1. The molecule has 35 heavy (non-hydrogen) atoms. The molecule has 0 fully saturated rings. The largest absolute Gasteiger partial charge is 0.497 e. The third-order valence-electron chi connectivity index (χ3n) is 5.84. The lowest BCUT2D eigenvalue weighted by molar-refractivity contribution is 0.158.